The van der Waals surface area contributed by atoms with Gasteiger partial charge in [-0.05, 0) is 63.1 Å². The van der Waals surface area contributed by atoms with Gasteiger partial charge in [-0.25, -0.2) is 22.0 Å². The molecule has 11 heteroatoms. The number of benzene rings is 2. The monoisotopic (exact) mass is 579 g/mol. The molecule has 0 saturated carbocycles. The Balaban J connectivity index is 1.47. The number of hydrogen-bond acceptors (Lipinski definition) is 5. The molecule has 2 aromatic carbocycles. The molecule has 6 nitrogen and oxygen atoms in total. The van der Waals surface area contributed by atoms with Crippen molar-refractivity contribution in [1.29, 1.82) is 0 Å². The number of aromatic nitrogens is 1. The molecular weight excluding hydrogens is 545 g/mol. The van der Waals surface area contributed by atoms with Crippen LogP contribution in [0.1, 0.15) is 55.3 Å². The number of ether oxygens (including phenoxy) is 1. The van der Waals surface area contributed by atoms with E-state index in [-0.39, 0.29) is 35.7 Å². The van der Waals surface area contributed by atoms with Gasteiger partial charge in [-0.1, -0.05) is 12.1 Å². The Morgan fingerprint density at radius 1 is 1.12 bits per heavy atom. The van der Waals surface area contributed by atoms with E-state index in [4.69, 9.17) is 4.74 Å². The summed E-state index contributed by atoms with van der Waals surface area (Å²) in [4.78, 5) is 5.90. The molecule has 0 bridgehead atoms. The first-order chi connectivity index (χ1) is 19.2. The fraction of sp³-hybridized carbons (Fsp3) is 0.467. The molecule has 0 aliphatic carbocycles. The Labute approximate surface area is 235 Å². The average molecular weight is 580 g/mol. The molecule has 1 saturated heterocycles. The van der Waals surface area contributed by atoms with Gasteiger partial charge in [-0.2, -0.15) is 0 Å². The Bertz CT molecular complexity index is 1440. The molecule has 0 spiro atoms. The van der Waals surface area contributed by atoms with E-state index in [0.29, 0.717) is 29.9 Å². The molecule has 41 heavy (non-hydrogen) atoms. The molecular formula is C30H34F5N3O3. The summed E-state index contributed by atoms with van der Waals surface area (Å²) < 4.78 is 80.7. The minimum Gasteiger partial charge on any atom is -0.474 e. The van der Waals surface area contributed by atoms with Gasteiger partial charge in [0.05, 0.1) is 24.2 Å². The van der Waals surface area contributed by atoms with Crippen LogP contribution in [0.4, 0.5) is 22.0 Å². The third-order valence-corrected chi connectivity index (χ3v) is 7.73. The Morgan fingerprint density at radius 2 is 1.78 bits per heavy atom. The van der Waals surface area contributed by atoms with Crippen molar-refractivity contribution >= 4 is 10.9 Å². The summed E-state index contributed by atoms with van der Waals surface area (Å²) in [6, 6.07) is 5.11. The Hall–Kier alpha value is -3.15. The molecule has 0 radical (unpaired) electrons. The third-order valence-electron chi connectivity index (χ3n) is 7.73. The first-order valence-corrected chi connectivity index (χ1v) is 13.5. The highest BCUT2D eigenvalue weighted by atomic mass is 19.3. The van der Waals surface area contributed by atoms with Crippen LogP contribution in [0.5, 0.6) is 0 Å². The van der Waals surface area contributed by atoms with Crippen LogP contribution in [0.25, 0.3) is 10.9 Å². The summed E-state index contributed by atoms with van der Waals surface area (Å²) >= 11 is 0. The van der Waals surface area contributed by atoms with Crippen molar-refractivity contribution in [3.63, 3.8) is 0 Å². The number of aliphatic hydroxyl groups is 2. The third kappa shape index (κ3) is 5.67. The van der Waals surface area contributed by atoms with E-state index in [1.807, 2.05) is 25.7 Å². The van der Waals surface area contributed by atoms with E-state index >= 15 is 8.78 Å². The van der Waals surface area contributed by atoms with Gasteiger partial charge in [0.1, 0.15) is 29.7 Å². The van der Waals surface area contributed by atoms with Crippen LogP contribution < -0.4 is 0 Å². The smallest absolute Gasteiger partial charge is 0.283 e. The highest BCUT2D eigenvalue weighted by Crippen LogP contribution is 2.43. The number of nitrogens with zero attached hydrogens (tertiary/aromatic N) is 2. The molecule has 2 aliphatic rings. The highest BCUT2D eigenvalue weighted by molar-refractivity contribution is 5.86. The second-order valence-corrected chi connectivity index (χ2v) is 11.9. The zero-order valence-electron chi connectivity index (χ0n) is 23.2. The molecule has 3 heterocycles. The summed E-state index contributed by atoms with van der Waals surface area (Å²) in [5.41, 5.74) is -0.0104. The quantitative estimate of drug-likeness (QED) is 0.246. The first-order valence-electron chi connectivity index (χ1n) is 13.5. The SMILES string of the molecule is C=C(OC(C)(C)C)N1CC(C(O)c2cc(F)c(C3c4[nH]c5c(F)cccc5c4CCN3CC(F)(F)CO)c(F)c2)C1. The van der Waals surface area contributed by atoms with Crippen LogP contribution in [-0.4, -0.2) is 69.3 Å². The van der Waals surface area contributed by atoms with Gasteiger partial charge in [0.15, 0.2) is 5.88 Å². The number of para-hydroxylation sites is 1. The number of nitrogens with one attached hydrogen (secondary N) is 1. The molecule has 3 N–H and O–H groups in total. The highest BCUT2D eigenvalue weighted by Gasteiger charge is 2.42. The summed E-state index contributed by atoms with van der Waals surface area (Å²) in [5, 5.41) is 20.6. The van der Waals surface area contributed by atoms with Crippen LogP contribution in [0, 0.1) is 23.4 Å². The minimum absolute atomic E-state index is 0.00158. The Morgan fingerprint density at radius 3 is 2.39 bits per heavy atom. The summed E-state index contributed by atoms with van der Waals surface area (Å²) in [7, 11) is 0. The number of H-pyrrole nitrogens is 1. The van der Waals surface area contributed by atoms with E-state index in [1.54, 1.807) is 6.07 Å². The average Bonchev–Trinajstić information content (AvgIpc) is 3.22. The zero-order valence-corrected chi connectivity index (χ0v) is 23.2. The molecule has 222 valence electrons. The largest absolute Gasteiger partial charge is 0.474 e. The van der Waals surface area contributed by atoms with Crippen molar-refractivity contribution in [3.8, 4) is 0 Å². The maximum atomic E-state index is 15.8. The predicted octanol–water partition coefficient (Wildman–Crippen LogP) is 5.41. The molecule has 2 atom stereocenters. The normalized spacial score (nSPS) is 19.3. The summed E-state index contributed by atoms with van der Waals surface area (Å²) in [6.45, 7) is 7.88. The van der Waals surface area contributed by atoms with E-state index in [2.05, 4.69) is 11.6 Å². The molecule has 5 rings (SSSR count). The van der Waals surface area contributed by atoms with Crippen LogP contribution in [-0.2, 0) is 11.2 Å². The lowest BCUT2D eigenvalue weighted by Crippen LogP contribution is -2.49. The van der Waals surface area contributed by atoms with Crippen molar-refractivity contribution < 1.29 is 36.9 Å². The van der Waals surface area contributed by atoms with Crippen molar-refractivity contribution in [2.75, 3.05) is 32.8 Å². The lowest BCUT2D eigenvalue weighted by Gasteiger charge is -2.44. The maximum Gasteiger partial charge on any atom is 0.283 e. The van der Waals surface area contributed by atoms with Gasteiger partial charge in [0.25, 0.3) is 5.92 Å². The van der Waals surface area contributed by atoms with E-state index in [0.717, 1.165) is 12.1 Å². The van der Waals surface area contributed by atoms with Gasteiger partial charge >= 0.3 is 0 Å². The number of rotatable bonds is 8. The van der Waals surface area contributed by atoms with Gasteiger partial charge in [0, 0.05) is 42.2 Å². The molecule has 1 aromatic heterocycles. The number of fused-ring (bicyclic) bond motifs is 3. The lowest BCUT2D eigenvalue weighted by molar-refractivity contribution is -0.0791. The molecule has 2 aliphatic heterocycles. The number of aromatic amines is 1. The van der Waals surface area contributed by atoms with Gasteiger partial charge < -0.3 is 24.8 Å². The van der Waals surface area contributed by atoms with Crippen molar-refractivity contribution in [3.05, 3.63) is 82.6 Å². The van der Waals surface area contributed by atoms with Crippen LogP contribution in [0.2, 0.25) is 0 Å². The standard InChI is InChI=1S/C30H34F5N3O3/c1-16(41-29(2,3)4)38-12-18(13-38)28(40)17-10-22(32)24(23(33)11-17)27-26-20(8-9-37(27)14-30(34,35)15-39)19-6-5-7-21(31)25(19)36-26/h5-7,10-11,18,27-28,36,39-40H,1,8-9,12-15H2,2-4H3. The zero-order chi connectivity index (χ0) is 29.9. The second kappa shape index (κ2) is 10.6. The summed E-state index contributed by atoms with van der Waals surface area (Å²) in [5.74, 6) is -6.05. The lowest BCUT2D eigenvalue weighted by atomic mass is 9.86. The van der Waals surface area contributed by atoms with Gasteiger partial charge in [0.2, 0.25) is 0 Å². The van der Waals surface area contributed by atoms with Crippen molar-refractivity contribution in [2.24, 2.45) is 5.92 Å². The fourth-order valence-corrected chi connectivity index (χ4v) is 5.81. The molecule has 2 unspecified atom stereocenters. The number of halogens is 5. The van der Waals surface area contributed by atoms with Crippen molar-refractivity contribution in [1.82, 2.24) is 14.8 Å². The number of aliphatic hydroxyl groups excluding tert-OH is 2. The van der Waals surface area contributed by atoms with Crippen LogP contribution >= 0.6 is 0 Å². The minimum atomic E-state index is -3.53. The van der Waals surface area contributed by atoms with Crippen LogP contribution in [0.15, 0.2) is 42.8 Å². The van der Waals surface area contributed by atoms with Crippen molar-refractivity contribution in [2.45, 2.75) is 50.9 Å². The number of hydrogen-bond donors (Lipinski definition) is 3. The molecule has 1 fully saturated rings. The van der Waals surface area contributed by atoms with Gasteiger partial charge in [-0.15, -0.1) is 0 Å². The number of alkyl halides is 2. The van der Waals surface area contributed by atoms with E-state index in [1.165, 1.54) is 17.0 Å². The van der Waals surface area contributed by atoms with E-state index < -0.39 is 59.8 Å². The molecule has 0 amide bonds. The second-order valence-electron chi connectivity index (χ2n) is 11.9. The maximum absolute atomic E-state index is 15.8. The topological polar surface area (TPSA) is 72.0 Å². The fourth-order valence-electron chi connectivity index (χ4n) is 5.81. The first kappa shape index (κ1) is 29.3. The predicted molar refractivity (Wildman–Crippen MR) is 144 cm³/mol. The summed E-state index contributed by atoms with van der Waals surface area (Å²) in [6.07, 6.45) is -0.954. The molecule has 3 aromatic rings. The Kier molecular flexibility index (Phi) is 7.59. The van der Waals surface area contributed by atoms with E-state index in [9.17, 15) is 23.4 Å². The number of likely N-dealkylation sites (tertiary alicyclic amines) is 1. The van der Waals surface area contributed by atoms with Gasteiger partial charge in [-0.3, -0.25) is 4.90 Å². The van der Waals surface area contributed by atoms with Crippen LogP contribution in [0.3, 0.4) is 0 Å².